The van der Waals surface area contributed by atoms with E-state index in [1.807, 2.05) is 55.5 Å². The van der Waals surface area contributed by atoms with Gasteiger partial charge >= 0.3 is 0 Å². The highest BCUT2D eigenvalue weighted by atomic mass is 16.1. The Morgan fingerprint density at radius 3 is 2.55 bits per heavy atom. The van der Waals surface area contributed by atoms with E-state index < -0.39 is 0 Å². The molecule has 1 aromatic carbocycles. The van der Waals surface area contributed by atoms with Gasteiger partial charge in [-0.25, -0.2) is 0 Å². The van der Waals surface area contributed by atoms with E-state index in [1.165, 1.54) is 0 Å². The lowest BCUT2D eigenvalue weighted by Crippen LogP contribution is -2.41. The van der Waals surface area contributed by atoms with Gasteiger partial charge < -0.3 is 10.6 Å². The van der Waals surface area contributed by atoms with Crippen molar-refractivity contribution >= 4 is 11.6 Å². The highest BCUT2D eigenvalue weighted by Gasteiger charge is 2.21. The highest BCUT2D eigenvalue weighted by Crippen LogP contribution is 2.19. The standard InChI is InChI=1S/C16H15N3O/c1-11-6-5-9-13(17-11)16-18-14(10-15(20)19-16)12-7-3-2-4-8-12/h2-10,16,18H,1H3,(H,19,20). The van der Waals surface area contributed by atoms with Gasteiger partial charge in [0.25, 0.3) is 0 Å². The van der Waals surface area contributed by atoms with Crippen molar-refractivity contribution in [1.29, 1.82) is 0 Å². The molecule has 1 amide bonds. The number of carbonyl (C=O) groups excluding carboxylic acids is 1. The molecule has 3 rings (SSSR count). The van der Waals surface area contributed by atoms with Gasteiger partial charge in [0.2, 0.25) is 5.91 Å². The van der Waals surface area contributed by atoms with Crippen LogP contribution in [0.15, 0.2) is 54.6 Å². The largest absolute Gasteiger partial charge is 0.360 e. The maximum Gasteiger partial charge on any atom is 0.247 e. The number of aromatic nitrogens is 1. The summed E-state index contributed by atoms with van der Waals surface area (Å²) >= 11 is 0. The van der Waals surface area contributed by atoms with Crippen LogP contribution in [-0.4, -0.2) is 10.9 Å². The summed E-state index contributed by atoms with van der Waals surface area (Å²) in [5.41, 5.74) is 3.52. The number of nitrogens with one attached hydrogen (secondary N) is 2. The Morgan fingerprint density at radius 2 is 1.80 bits per heavy atom. The van der Waals surface area contributed by atoms with Crippen LogP contribution in [0.4, 0.5) is 0 Å². The first kappa shape index (κ1) is 12.4. The molecule has 1 atom stereocenters. The fourth-order valence-corrected chi connectivity index (χ4v) is 2.21. The van der Waals surface area contributed by atoms with Crippen LogP contribution in [0.1, 0.15) is 23.1 Å². The van der Waals surface area contributed by atoms with E-state index in [4.69, 9.17) is 0 Å². The van der Waals surface area contributed by atoms with Crippen molar-refractivity contribution in [1.82, 2.24) is 15.6 Å². The van der Waals surface area contributed by atoms with Crippen LogP contribution in [-0.2, 0) is 4.79 Å². The average molecular weight is 265 g/mol. The molecule has 0 radical (unpaired) electrons. The van der Waals surface area contributed by atoms with Crippen molar-refractivity contribution in [3.05, 3.63) is 71.6 Å². The fraction of sp³-hybridized carbons (Fsp3) is 0.125. The normalized spacial score (nSPS) is 17.9. The number of amides is 1. The summed E-state index contributed by atoms with van der Waals surface area (Å²) < 4.78 is 0. The first-order valence-corrected chi connectivity index (χ1v) is 6.50. The molecule has 0 fully saturated rings. The lowest BCUT2D eigenvalue weighted by Gasteiger charge is -2.26. The summed E-state index contributed by atoms with van der Waals surface area (Å²) in [7, 11) is 0. The number of rotatable bonds is 2. The predicted octanol–water partition coefficient (Wildman–Crippen LogP) is 2.15. The summed E-state index contributed by atoms with van der Waals surface area (Å²) in [4.78, 5) is 16.3. The molecule has 2 aromatic rings. The van der Waals surface area contributed by atoms with Crippen LogP contribution < -0.4 is 10.6 Å². The SMILES string of the molecule is Cc1cccc(C2NC(=O)C=C(c3ccccc3)N2)n1. The molecule has 2 heterocycles. The Labute approximate surface area is 117 Å². The zero-order valence-corrected chi connectivity index (χ0v) is 11.1. The van der Waals surface area contributed by atoms with Gasteiger partial charge in [0.15, 0.2) is 0 Å². The van der Waals surface area contributed by atoms with Crippen molar-refractivity contribution in [2.75, 3.05) is 0 Å². The smallest absolute Gasteiger partial charge is 0.247 e. The molecule has 1 aliphatic heterocycles. The summed E-state index contributed by atoms with van der Waals surface area (Å²) in [6.45, 7) is 1.93. The molecular weight excluding hydrogens is 250 g/mol. The molecule has 4 nitrogen and oxygen atoms in total. The third-order valence-corrected chi connectivity index (χ3v) is 3.15. The maximum absolute atomic E-state index is 11.9. The number of hydrogen-bond donors (Lipinski definition) is 2. The van der Waals surface area contributed by atoms with Gasteiger partial charge in [0.1, 0.15) is 6.17 Å². The van der Waals surface area contributed by atoms with Crippen LogP contribution in [0.3, 0.4) is 0 Å². The Kier molecular flexibility index (Phi) is 3.21. The molecule has 1 aliphatic rings. The summed E-state index contributed by atoms with van der Waals surface area (Å²) in [5.74, 6) is -0.115. The summed E-state index contributed by atoms with van der Waals surface area (Å²) in [6.07, 6.45) is 1.27. The third-order valence-electron chi connectivity index (χ3n) is 3.15. The molecule has 100 valence electrons. The molecule has 1 aromatic heterocycles. The highest BCUT2D eigenvalue weighted by molar-refractivity contribution is 5.96. The van der Waals surface area contributed by atoms with E-state index in [0.717, 1.165) is 22.6 Å². The summed E-state index contributed by atoms with van der Waals surface area (Å²) in [5, 5.41) is 6.18. The molecule has 4 heteroatoms. The van der Waals surface area contributed by atoms with Gasteiger partial charge in [-0.15, -0.1) is 0 Å². The van der Waals surface area contributed by atoms with Crippen molar-refractivity contribution < 1.29 is 4.79 Å². The zero-order valence-electron chi connectivity index (χ0n) is 11.1. The van der Waals surface area contributed by atoms with E-state index >= 15 is 0 Å². The number of benzene rings is 1. The second kappa shape index (κ2) is 5.17. The number of carbonyl (C=O) groups is 1. The minimum Gasteiger partial charge on any atom is -0.360 e. The van der Waals surface area contributed by atoms with Crippen molar-refractivity contribution in [2.24, 2.45) is 0 Å². The molecule has 20 heavy (non-hydrogen) atoms. The molecule has 0 saturated heterocycles. The van der Waals surface area contributed by atoms with Gasteiger partial charge in [-0.2, -0.15) is 0 Å². The molecule has 0 saturated carbocycles. The number of pyridine rings is 1. The van der Waals surface area contributed by atoms with Crippen molar-refractivity contribution in [3.63, 3.8) is 0 Å². The van der Waals surface area contributed by atoms with Gasteiger partial charge in [0, 0.05) is 17.5 Å². The molecule has 2 N–H and O–H groups in total. The second-order valence-electron chi connectivity index (χ2n) is 4.71. The van der Waals surface area contributed by atoms with E-state index in [2.05, 4.69) is 15.6 Å². The van der Waals surface area contributed by atoms with Gasteiger partial charge in [0.05, 0.1) is 5.69 Å². The van der Waals surface area contributed by atoms with Crippen molar-refractivity contribution in [2.45, 2.75) is 13.1 Å². The summed E-state index contributed by atoms with van der Waals surface area (Å²) in [6, 6.07) is 15.6. The topological polar surface area (TPSA) is 54.0 Å². The van der Waals surface area contributed by atoms with Gasteiger partial charge in [-0.05, 0) is 24.6 Å². The zero-order chi connectivity index (χ0) is 13.9. The Hall–Kier alpha value is -2.62. The van der Waals surface area contributed by atoms with E-state index in [0.29, 0.717) is 0 Å². The monoisotopic (exact) mass is 265 g/mol. The Morgan fingerprint density at radius 1 is 1.00 bits per heavy atom. The lowest BCUT2D eigenvalue weighted by atomic mass is 10.1. The van der Waals surface area contributed by atoms with Crippen LogP contribution in [0.2, 0.25) is 0 Å². The van der Waals surface area contributed by atoms with Crippen molar-refractivity contribution in [3.8, 4) is 0 Å². The van der Waals surface area contributed by atoms with Crippen LogP contribution in [0.5, 0.6) is 0 Å². The minimum absolute atomic E-state index is 0.115. The molecule has 0 aliphatic carbocycles. The minimum atomic E-state index is -0.303. The van der Waals surface area contributed by atoms with Gasteiger partial charge in [-0.1, -0.05) is 36.4 Å². The molecule has 0 bridgehead atoms. The third kappa shape index (κ3) is 2.54. The Bertz CT molecular complexity index is 664. The second-order valence-corrected chi connectivity index (χ2v) is 4.71. The quantitative estimate of drug-likeness (QED) is 0.874. The maximum atomic E-state index is 11.9. The lowest BCUT2D eigenvalue weighted by molar-refractivity contribution is -0.117. The number of hydrogen-bond acceptors (Lipinski definition) is 3. The number of nitrogens with zero attached hydrogens (tertiary/aromatic N) is 1. The van der Waals surface area contributed by atoms with E-state index in [9.17, 15) is 4.79 Å². The molecule has 1 unspecified atom stereocenters. The van der Waals surface area contributed by atoms with Crippen LogP contribution in [0, 0.1) is 6.92 Å². The first-order valence-electron chi connectivity index (χ1n) is 6.50. The van der Waals surface area contributed by atoms with E-state index in [1.54, 1.807) is 6.08 Å². The Balaban J connectivity index is 1.91. The van der Waals surface area contributed by atoms with E-state index in [-0.39, 0.29) is 12.1 Å². The van der Waals surface area contributed by atoms with Gasteiger partial charge in [-0.3, -0.25) is 9.78 Å². The van der Waals surface area contributed by atoms with Crippen LogP contribution in [0.25, 0.3) is 5.70 Å². The molecular formula is C16H15N3O. The number of aryl methyl sites for hydroxylation is 1. The fourth-order valence-electron chi connectivity index (χ4n) is 2.21. The first-order chi connectivity index (χ1) is 9.72. The average Bonchev–Trinajstić information content (AvgIpc) is 2.47. The molecule has 0 spiro atoms. The van der Waals surface area contributed by atoms with Crippen LogP contribution >= 0.6 is 0 Å². The predicted molar refractivity (Wildman–Crippen MR) is 77.4 cm³/mol.